The van der Waals surface area contributed by atoms with Gasteiger partial charge in [-0.25, -0.2) is 0 Å². The van der Waals surface area contributed by atoms with E-state index < -0.39 is 0 Å². The molecule has 0 spiro atoms. The molecule has 0 saturated carbocycles. The van der Waals surface area contributed by atoms with Gasteiger partial charge in [0.25, 0.3) is 0 Å². The lowest BCUT2D eigenvalue weighted by Gasteiger charge is -2.40. The molecule has 0 bridgehead atoms. The van der Waals surface area contributed by atoms with Gasteiger partial charge in [-0.2, -0.15) is 0 Å². The van der Waals surface area contributed by atoms with Gasteiger partial charge in [0.1, 0.15) is 0 Å². The molecule has 0 aromatic rings. The lowest BCUT2D eigenvalue weighted by Crippen LogP contribution is -2.48. The minimum absolute atomic E-state index is 0. The molecule has 30 heavy (non-hydrogen) atoms. The Balaban J connectivity index is 0.00000450. The largest absolute Gasteiger partial charge is 0.377 e. The Morgan fingerprint density at radius 1 is 1.20 bits per heavy atom. The molecule has 2 rings (SSSR count). The molecular weight excluding hydrogens is 493 g/mol. The normalized spacial score (nSPS) is 25.5. The lowest BCUT2D eigenvalue weighted by molar-refractivity contribution is -0.133. The maximum atomic E-state index is 12.3. The molecule has 2 aliphatic rings. The molecule has 0 aromatic heterocycles. The molecule has 3 atom stereocenters. The van der Waals surface area contributed by atoms with Gasteiger partial charge in [-0.1, -0.05) is 20.8 Å². The summed E-state index contributed by atoms with van der Waals surface area (Å²) >= 11 is 0. The Morgan fingerprint density at radius 3 is 2.57 bits per heavy atom. The molecule has 2 aliphatic heterocycles. The topological polar surface area (TPSA) is 69.2 Å². The van der Waals surface area contributed by atoms with E-state index in [1.165, 1.54) is 6.42 Å². The summed E-state index contributed by atoms with van der Waals surface area (Å²) in [5.41, 5.74) is 0.153. The second-order valence-electron chi connectivity index (χ2n) is 9.72. The number of rotatable bonds is 7. The van der Waals surface area contributed by atoms with Crippen molar-refractivity contribution in [3.63, 3.8) is 0 Å². The van der Waals surface area contributed by atoms with Crippen molar-refractivity contribution in [3.8, 4) is 0 Å². The Labute approximate surface area is 200 Å². The Morgan fingerprint density at radius 2 is 1.93 bits per heavy atom. The fraction of sp³-hybridized carbons (Fsp3) is 0.909. The fourth-order valence-electron chi connectivity index (χ4n) is 4.62. The van der Waals surface area contributed by atoms with Gasteiger partial charge in [0.05, 0.1) is 12.1 Å². The zero-order chi connectivity index (χ0) is 21.4. The summed E-state index contributed by atoms with van der Waals surface area (Å²) in [7, 11) is 5.51. The highest BCUT2D eigenvalue weighted by atomic mass is 127. The zero-order valence-electron chi connectivity index (χ0n) is 19.9. The van der Waals surface area contributed by atoms with E-state index in [1.54, 1.807) is 4.90 Å². The van der Waals surface area contributed by atoms with Crippen LogP contribution in [-0.4, -0.2) is 87.7 Å². The number of halogens is 1. The van der Waals surface area contributed by atoms with Crippen LogP contribution < -0.4 is 10.6 Å². The van der Waals surface area contributed by atoms with Gasteiger partial charge in [-0.15, -0.1) is 24.0 Å². The van der Waals surface area contributed by atoms with Crippen LogP contribution in [0.3, 0.4) is 0 Å². The van der Waals surface area contributed by atoms with Crippen LogP contribution >= 0.6 is 24.0 Å². The summed E-state index contributed by atoms with van der Waals surface area (Å²) in [6, 6.07) is 0.0584. The standard InChI is InChI=1S/C22H43N5O2.HI/c1-22(2,3)19-17(10-8-15-29-19)16-25-21(23-4)24-12-9-14-27-13-7-11-18(27)20(28)26(5)6;/h17-19H,7-16H2,1-6H3,(H2,23,24,25);1H. The molecule has 2 heterocycles. The first kappa shape index (κ1) is 27.4. The van der Waals surface area contributed by atoms with Crippen molar-refractivity contribution in [2.24, 2.45) is 16.3 Å². The van der Waals surface area contributed by atoms with E-state index in [9.17, 15) is 4.79 Å². The van der Waals surface area contributed by atoms with Gasteiger partial charge >= 0.3 is 0 Å². The number of likely N-dealkylation sites (tertiary alicyclic amines) is 1. The van der Waals surface area contributed by atoms with E-state index in [4.69, 9.17) is 4.74 Å². The average Bonchev–Trinajstić information content (AvgIpc) is 3.14. The molecule has 0 aromatic carbocycles. The number of carbonyl (C=O) groups excluding carboxylic acids is 1. The molecule has 1 amide bonds. The number of guanidine groups is 1. The third-order valence-corrected chi connectivity index (χ3v) is 6.06. The third kappa shape index (κ3) is 8.15. The van der Waals surface area contributed by atoms with Crippen LogP contribution in [0.1, 0.15) is 52.9 Å². The summed E-state index contributed by atoms with van der Waals surface area (Å²) in [4.78, 5) is 20.7. The maximum Gasteiger partial charge on any atom is 0.239 e. The van der Waals surface area contributed by atoms with Gasteiger partial charge < -0.3 is 20.3 Å². The molecule has 2 N–H and O–H groups in total. The predicted octanol–water partition coefficient (Wildman–Crippen LogP) is 2.55. The monoisotopic (exact) mass is 537 g/mol. The fourth-order valence-corrected chi connectivity index (χ4v) is 4.62. The highest BCUT2D eigenvalue weighted by Gasteiger charge is 2.35. The summed E-state index contributed by atoms with van der Waals surface area (Å²) in [6.45, 7) is 11.3. The van der Waals surface area contributed by atoms with Crippen LogP contribution in [0.4, 0.5) is 0 Å². The first-order valence-electron chi connectivity index (χ1n) is 11.3. The molecule has 7 nitrogen and oxygen atoms in total. The number of nitrogens with zero attached hydrogens (tertiary/aromatic N) is 3. The van der Waals surface area contributed by atoms with Crippen molar-refractivity contribution < 1.29 is 9.53 Å². The summed E-state index contributed by atoms with van der Waals surface area (Å²) in [5.74, 6) is 1.59. The minimum atomic E-state index is 0. The van der Waals surface area contributed by atoms with E-state index in [0.717, 1.165) is 64.4 Å². The second-order valence-corrected chi connectivity index (χ2v) is 9.72. The van der Waals surface area contributed by atoms with Crippen LogP contribution in [0, 0.1) is 11.3 Å². The Kier molecular flexibility index (Phi) is 11.9. The number of hydrogen-bond donors (Lipinski definition) is 2. The summed E-state index contributed by atoms with van der Waals surface area (Å²) in [6.07, 6.45) is 5.69. The molecule has 0 aliphatic carbocycles. The van der Waals surface area contributed by atoms with Crippen LogP contribution in [0.25, 0.3) is 0 Å². The third-order valence-electron chi connectivity index (χ3n) is 6.06. The van der Waals surface area contributed by atoms with Crippen molar-refractivity contribution in [1.82, 2.24) is 20.4 Å². The first-order valence-corrected chi connectivity index (χ1v) is 11.3. The number of nitrogens with one attached hydrogen (secondary N) is 2. The van der Waals surface area contributed by atoms with E-state index in [-0.39, 0.29) is 47.4 Å². The van der Waals surface area contributed by atoms with Crippen LogP contribution in [-0.2, 0) is 9.53 Å². The quantitative estimate of drug-likeness (QED) is 0.226. The lowest BCUT2D eigenvalue weighted by atomic mass is 9.78. The molecule has 0 radical (unpaired) electrons. The number of hydrogen-bond acceptors (Lipinski definition) is 4. The number of carbonyl (C=O) groups is 1. The highest BCUT2D eigenvalue weighted by Crippen LogP contribution is 2.33. The predicted molar refractivity (Wildman–Crippen MR) is 135 cm³/mol. The number of ether oxygens (including phenoxy) is 1. The van der Waals surface area contributed by atoms with Gasteiger partial charge in [-0.05, 0) is 44.1 Å². The van der Waals surface area contributed by atoms with Crippen molar-refractivity contribution in [2.75, 3.05) is 53.9 Å². The number of likely N-dealkylation sites (N-methyl/N-ethyl adjacent to an activating group) is 1. The summed E-state index contributed by atoms with van der Waals surface area (Å²) in [5, 5.41) is 6.93. The van der Waals surface area contributed by atoms with E-state index in [2.05, 4.69) is 41.3 Å². The van der Waals surface area contributed by atoms with Crippen LogP contribution in [0.15, 0.2) is 4.99 Å². The average molecular weight is 538 g/mol. The molecule has 176 valence electrons. The molecule has 8 heteroatoms. The maximum absolute atomic E-state index is 12.3. The number of aliphatic imine (C=N–C) groups is 1. The Bertz CT molecular complexity index is 550. The highest BCUT2D eigenvalue weighted by molar-refractivity contribution is 14.0. The van der Waals surface area contributed by atoms with Gasteiger partial charge in [0.2, 0.25) is 5.91 Å². The van der Waals surface area contributed by atoms with Gasteiger partial charge in [-0.3, -0.25) is 14.7 Å². The molecule has 2 fully saturated rings. The van der Waals surface area contributed by atoms with Crippen molar-refractivity contribution in [2.45, 2.75) is 65.0 Å². The van der Waals surface area contributed by atoms with E-state index in [0.29, 0.717) is 5.92 Å². The SMILES string of the molecule is CN=C(NCCCN1CCCC1C(=O)N(C)C)NCC1CCCOC1C(C)(C)C.I. The van der Waals surface area contributed by atoms with Crippen molar-refractivity contribution >= 4 is 35.8 Å². The Hall–Kier alpha value is -0.610. The smallest absolute Gasteiger partial charge is 0.239 e. The zero-order valence-corrected chi connectivity index (χ0v) is 22.2. The van der Waals surface area contributed by atoms with Crippen molar-refractivity contribution in [3.05, 3.63) is 0 Å². The van der Waals surface area contributed by atoms with Gasteiger partial charge in [0.15, 0.2) is 5.96 Å². The van der Waals surface area contributed by atoms with E-state index >= 15 is 0 Å². The molecule has 2 saturated heterocycles. The van der Waals surface area contributed by atoms with E-state index in [1.807, 2.05) is 21.1 Å². The van der Waals surface area contributed by atoms with Crippen molar-refractivity contribution in [1.29, 1.82) is 0 Å². The molecule has 3 unspecified atom stereocenters. The number of amides is 1. The summed E-state index contributed by atoms with van der Waals surface area (Å²) < 4.78 is 6.09. The minimum Gasteiger partial charge on any atom is -0.377 e. The van der Waals surface area contributed by atoms with Crippen LogP contribution in [0.5, 0.6) is 0 Å². The first-order chi connectivity index (χ1) is 13.7. The van der Waals surface area contributed by atoms with Gasteiger partial charge in [0, 0.05) is 53.3 Å². The molecular formula is C22H44IN5O2. The van der Waals surface area contributed by atoms with Crippen LogP contribution in [0.2, 0.25) is 0 Å². The second kappa shape index (κ2) is 13.1.